The number of rotatable bonds is 3. The average Bonchev–Trinajstić information content (AvgIpc) is 2.76. The third-order valence-corrected chi connectivity index (χ3v) is 5.36. The van der Waals surface area contributed by atoms with Gasteiger partial charge < -0.3 is 10.6 Å². The van der Waals surface area contributed by atoms with Gasteiger partial charge in [0.25, 0.3) is 0 Å². The summed E-state index contributed by atoms with van der Waals surface area (Å²) < 4.78 is 0. The van der Waals surface area contributed by atoms with Crippen LogP contribution in [0.25, 0.3) is 0 Å². The highest BCUT2D eigenvalue weighted by atomic mass is 35.5. The minimum atomic E-state index is 0. The monoisotopic (exact) mass is 315 g/mol. The number of hydrogen-bond acceptors (Lipinski definition) is 3. The fourth-order valence-corrected chi connectivity index (χ4v) is 4.04. The van der Waals surface area contributed by atoms with Crippen LogP contribution in [-0.2, 0) is 4.79 Å². The molecule has 21 heavy (non-hydrogen) atoms. The van der Waals surface area contributed by atoms with Crippen LogP contribution in [0, 0.1) is 5.92 Å². The van der Waals surface area contributed by atoms with Gasteiger partial charge in [-0.1, -0.05) is 6.92 Å². The van der Waals surface area contributed by atoms with Crippen molar-refractivity contribution in [2.24, 2.45) is 5.92 Å². The second-order valence-corrected chi connectivity index (χ2v) is 7.19. The summed E-state index contributed by atoms with van der Waals surface area (Å²) in [5.41, 5.74) is 0. The van der Waals surface area contributed by atoms with Crippen LogP contribution in [0.4, 0.5) is 0 Å². The number of nitrogens with one attached hydrogen (secondary N) is 2. The molecular formula is C16H30ClN3O. The maximum absolute atomic E-state index is 12.2. The lowest BCUT2D eigenvalue weighted by atomic mass is 9.87. The molecule has 2 bridgehead atoms. The fraction of sp³-hybridized carbons (Fsp3) is 0.938. The Morgan fingerprint density at radius 1 is 1.10 bits per heavy atom. The van der Waals surface area contributed by atoms with E-state index in [4.69, 9.17) is 0 Å². The molecule has 1 aliphatic carbocycles. The molecule has 0 radical (unpaired) electrons. The van der Waals surface area contributed by atoms with E-state index in [1.54, 1.807) is 0 Å². The molecule has 2 heterocycles. The van der Waals surface area contributed by atoms with E-state index in [1.807, 2.05) is 0 Å². The van der Waals surface area contributed by atoms with Gasteiger partial charge in [0, 0.05) is 31.2 Å². The van der Waals surface area contributed by atoms with Crippen LogP contribution in [0.1, 0.15) is 51.9 Å². The lowest BCUT2D eigenvalue weighted by Crippen LogP contribution is -2.45. The molecule has 0 aromatic heterocycles. The van der Waals surface area contributed by atoms with E-state index in [-0.39, 0.29) is 18.3 Å². The van der Waals surface area contributed by atoms with Crippen molar-refractivity contribution in [1.82, 2.24) is 15.5 Å². The first kappa shape index (κ1) is 17.0. The zero-order valence-corrected chi connectivity index (χ0v) is 14.0. The summed E-state index contributed by atoms with van der Waals surface area (Å²) >= 11 is 0. The number of hydrogen-bond donors (Lipinski definition) is 2. The van der Waals surface area contributed by atoms with E-state index in [9.17, 15) is 4.79 Å². The molecule has 2 saturated heterocycles. The Morgan fingerprint density at radius 2 is 1.81 bits per heavy atom. The van der Waals surface area contributed by atoms with E-state index in [1.165, 1.54) is 44.9 Å². The Bertz CT molecular complexity index is 344. The van der Waals surface area contributed by atoms with Crippen molar-refractivity contribution in [2.45, 2.75) is 70.0 Å². The topological polar surface area (TPSA) is 44.4 Å². The smallest absolute Gasteiger partial charge is 0.234 e. The zero-order chi connectivity index (χ0) is 13.9. The van der Waals surface area contributed by atoms with Crippen LogP contribution < -0.4 is 10.6 Å². The summed E-state index contributed by atoms with van der Waals surface area (Å²) in [6, 6.07) is 1.75. The molecule has 0 aromatic rings. The molecule has 1 amide bonds. The Morgan fingerprint density at radius 3 is 2.57 bits per heavy atom. The van der Waals surface area contributed by atoms with Crippen LogP contribution >= 0.6 is 12.4 Å². The zero-order valence-electron chi connectivity index (χ0n) is 13.1. The summed E-state index contributed by atoms with van der Waals surface area (Å²) in [5.74, 6) is 1.08. The molecular weight excluding hydrogens is 286 g/mol. The molecule has 5 heteroatoms. The molecule has 3 rings (SSSR count). The molecule has 2 N–H and O–H groups in total. The lowest BCUT2D eigenvalue weighted by molar-refractivity contribution is -0.123. The summed E-state index contributed by atoms with van der Waals surface area (Å²) in [5, 5.41) is 6.92. The quantitative estimate of drug-likeness (QED) is 0.836. The first-order valence-corrected chi connectivity index (χ1v) is 8.47. The predicted octanol–water partition coefficient (Wildman–Crippen LogP) is 1.93. The third kappa shape index (κ3) is 4.83. The minimum Gasteiger partial charge on any atom is -0.352 e. The second-order valence-electron chi connectivity index (χ2n) is 7.19. The summed E-state index contributed by atoms with van der Waals surface area (Å²) in [4.78, 5) is 14.6. The number of halogens is 1. The van der Waals surface area contributed by atoms with Gasteiger partial charge in [-0.2, -0.15) is 0 Å². The number of carbonyl (C=O) groups excluding carboxylic acids is 1. The van der Waals surface area contributed by atoms with E-state index >= 15 is 0 Å². The van der Waals surface area contributed by atoms with Gasteiger partial charge in [0.2, 0.25) is 5.91 Å². The van der Waals surface area contributed by atoms with Crippen LogP contribution in [0.15, 0.2) is 0 Å². The van der Waals surface area contributed by atoms with Crippen molar-refractivity contribution in [1.29, 1.82) is 0 Å². The largest absolute Gasteiger partial charge is 0.352 e. The first-order valence-electron chi connectivity index (χ1n) is 8.47. The highest BCUT2D eigenvalue weighted by Gasteiger charge is 2.30. The van der Waals surface area contributed by atoms with E-state index < -0.39 is 0 Å². The second kappa shape index (κ2) is 7.80. The molecule has 0 aromatic carbocycles. The highest BCUT2D eigenvalue weighted by Crippen LogP contribution is 2.23. The summed E-state index contributed by atoms with van der Waals surface area (Å²) in [6.07, 6.45) is 8.67. The van der Waals surface area contributed by atoms with E-state index in [2.05, 4.69) is 22.5 Å². The van der Waals surface area contributed by atoms with Gasteiger partial charge in [-0.15, -0.1) is 12.4 Å². The van der Waals surface area contributed by atoms with Gasteiger partial charge in [-0.25, -0.2) is 0 Å². The maximum atomic E-state index is 12.2. The number of amides is 1. The van der Waals surface area contributed by atoms with Gasteiger partial charge in [0.05, 0.1) is 6.54 Å². The third-order valence-electron chi connectivity index (χ3n) is 5.36. The number of likely N-dealkylation sites (tertiary alicyclic amines) is 1. The SMILES string of the molecule is CC1CCC(NC(=O)CN2CCC3CCC(C2)N3)CC1.Cl. The van der Waals surface area contributed by atoms with Gasteiger partial charge in [-0.3, -0.25) is 9.69 Å². The molecule has 2 unspecified atom stereocenters. The molecule has 3 aliphatic rings. The van der Waals surface area contributed by atoms with Crippen molar-refractivity contribution in [2.75, 3.05) is 19.6 Å². The molecule has 4 nitrogen and oxygen atoms in total. The Kier molecular flexibility index (Phi) is 6.33. The predicted molar refractivity (Wildman–Crippen MR) is 87.8 cm³/mol. The molecule has 2 atom stereocenters. The lowest BCUT2D eigenvalue weighted by Gasteiger charge is -2.28. The van der Waals surface area contributed by atoms with Gasteiger partial charge >= 0.3 is 0 Å². The maximum Gasteiger partial charge on any atom is 0.234 e. The van der Waals surface area contributed by atoms with Crippen LogP contribution in [0.3, 0.4) is 0 Å². The number of fused-ring (bicyclic) bond motifs is 2. The van der Waals surface area contributed by atoms with Crippen LogP contribution in [0.5, 0.6) is 0 Å². The van der Waals surface area contributed by atoms with Crippen molar-refractivity contribution >= 4 is 18.3 Å². The minimum absolute atomic E-state index is 0. The number of carbonyl (C=O) groups is 1. The molecule has 2 aliphatic heterocycles. The van der Waals surface area contributed by atoms with Crippen molar-refractivity contribution in [3.63, 3.8) is 0 Å². The van der Waals surface area contributed by atoms with Crippen molar-refractivity contribution in [3.05, 3.63) is 0 Å². The first-order chi connectivity index (χ1) is 9.69. The van der Waals surface area contributed by atoms with Gasteiger partial charge in [-0.05, 0) is 50.9 Å². The fourth-order valence-electron chi connectivity index (χ4n) is 4.04. The molecule has 3 fully saturated rings. The molecule has 0 spiro atoms. The van der Waals surface area contributed by atoms with E-state index in [0.29, 0.717) is 24.7 Å². The van der Waals surface area contributed by atoms with Crippen molar-refractivity contribution in [3.8, 4) is 0 Å². The normalized spacial score (nSPS) is 36.6. The highest BCUT2D eigenvalue weighted by molar-refractivity contribution is 5.85. The Labute approximate surface area is 134 Å². The standard InChI is InChI=1S/C16H29N3O.ClH/c1-12-2-4-13(5-3-12)18-16(20)11-19-9-8-14-6-7-15(10-19)17-14;/h12-15,17H,2-11H2,1H3,(H,18,20);1H. The van der Waals surface area contributed by atoms with Crippen molar-refractivity contribution < 1.29 is 4.79 Å². The van der Waals surface area contributed by atoms with E-state index in [0.717, 1.165) is 19.0 Å². The summed E-state index contributed by atoms with van der Waals surface area (Å²) in [6.45, 7) is 5.03. The molecule has 1 saturated carbocycles. The van der Waals surface area contributed by atoms with Gasteiger partial charge in [0.1, 0.15) is 0 Å². The van der Waals surface area contributed by atoms with Crippen LogP contribution in [0.2, 0.25) is 0 Å². The molecule has 122 valence electrons. The van der Waals surface area contributed by atoms with Gasteiger partial charge in [0.15, 0.2) is 0 Å². The van der Waals surface area contributed by atoms with Crippen LogP contribution in [-0.4, -0.2) is 48.6 Å². The number of nitrogens with zero attached hydrogens (tertiary/aromatic N) is 1. The average molecular weight is 316 g/mol. The Hall–Kier alpha value is -0.320. The Balaban J connectivity index is 0.00000161. The summed E-state index contributed by atoms with van der Waals surface area (Å²) in [7, 11) is 0.